The zero-order valence-electron chi connectivity index (χ0n) is 5.63. The summed E-state index contributed by atoms with van der Waals surface area (Å²) in [5.41, 5.74) is 3.72. The van der Waals surface area contributed by atoms with Gasteiger partial charge in [0.15, 0.2) is 11.5 Å². The van der Waals surface area contributed by atoms with Crippen molar-refractivity contribution in [1.82, 2.24) is 5.48 Å². The molecular weight excluding hydrogens is 142 g/mol. The predicted octanol–water partition coefficient (Wildman–Crippen LogP) is 1.27. The molecule has 3 rings (SSSR count). The van der Waals surface area contributed by atoms with Gasteiger partial charge in [0.25, 0.3) is 0 Å². The average molecular weight is 147 g/mol. The highest BCUT2D eigenvalue weighted by atomic mass is 16.7. The van der Waals surface area contributed by atoms with Crippen LogP contribution in [-0.2, 0) is 0 Å². The average Bonchev–Trinajstić information content (AvgIpc) is 2.01. The Bertz CT molecular complexity index is 357. The van der Waals surface area contributed by atoms with Crippen LogP contribution >= 0.6 is 0 Å². The van der Waals surface area contributed by atoms with Crippen molar-refractivity contribution < 1.29 is 9.57 Å². The molecule has 2 aliphatic rings. The lowest BCUT2D eigenvalue weighted by molar-refractivity contribution is 0.224. The van der Waals surface area contributed by atoms with Crippen molar-refractivity contribution in [2.45, 2.75) is 0 Å². The van der Waals surface area contributed by atoms with Gasteiger partial charge in [0.1, 0.15) is 11.3 Å². The smallest absolute Gasteiger partial charge is 0.169 e. The second-order valence-corrected chi connectivity index (χ2v) is 2.46. The SMILES string of the molecule is C1=C2Oc3cccc(c32)ON1. The van der Waals surface area contributed by atoms with E-state index in [2.05, 4.69) is 5.48 Å². The molecule has 11 heavy (non-hydrogen) atoms. The van der Waals surface area contributed by atoms with Crippen LogP contribution in [0.1, 0.15) is 5.56 Å². The summed E-state index contributed by atoms with van der Waals surface area (Å²) in [5, 5.41) is 0. The molecule has 0 bridgehead atoms. The Kier molecular flexibility index (Phi) is 0.692. The van der Waals surface area contributed by atoms with E-state index in [0.717, 1.165) is 22.8 Å². The fourth-order valence-corrected chi connectivity index (χ4v) is 1.30. The van der Waals surface area contributed by atoms with Crippen molar-refractivity contribution in [2.24, 2.45) is 0 Å². The van der Waals surface area contributed by atoms with Gasteiger partial charge < -0.3 is 9.57 Å². The van der Waals surface area contributed by atoms with Gasteiger partial charge in [-0.2, -0.15) is 0 Å². The van der Waals surface area contributed by atoms with Gasteiger partial charge in [0.05, 0.1) is 6.20 Å². The van der Waals surface area contributed by atoms with E-state index in [0.29, 0.717) is 0 Å². The monoisotopic (exact) mass is 147 g/mol. The lowest BCUT2D eigenvalue weighted by Crippen LogP contribution is -2.23. The summed E-state index contributed by atoms with van der Waals surface area (Å²) in [7, 11) is 0. The van der Waals surface area contributed by atoms with Gasteiger partial charge in [-0.1, -0.05) is 6.07 Å². The Morgan fingerprint density at radius 3 is 3.00 bits per heavy atom. The molecule has 3 heteroatoms. The van der Waals surface area contributed by atoms with Gasteiger partial charge in [-0.15, -0.1) is 0 Å². The zero-order valence-corrected chi connectivity index (χ0v) is 5.63. The van der Waals surface area contributed by atoms with Crippen LogP contribution in [0.5, 0.6) is 11.5 Å². The van der Waals surface area contributed by atoms with E-state index in [4.69, 9.17) is 9.57 Å². The van der Waals surface area contributed by atoms with Crippen molar-refractivity contribution in [3.8, 4) is 11.5 Å². The first-order chi connectivity index (χ1) is 5.45. The number of benzene rings is 1. The van der Waals surface area contributed by atoms with E-state index in [-0.39, 0.29) is 0 Å². The van der Waals surface area contributed by atoms with Crippen LogP contribution in [-0.4, -0.2) is 0 Å². The van der Waals surface area contributed by atoms with Gasteiger partial charge in [0, 0.05) is 0 Å². The second kappa shape index (κ2) is 1.50. The highest BCUT2D eigenvalue weighted by Gasteiger charge is 2.29. The standard InChI is InChI=1S/C8H5NO2/c1-2-5-8-6(3-1)11-9-4-7(8)10-5/h1-4,9H. The molecule has 0 atom stereocenters. The third-order valence-corrected chi connectivity index (χ3v) is 1.81. The fourth-order valence-electron chi connectivity index (χ4n) is 1.30. The zero-order chi connectivity index (χ0) is 7.26. The Hall–Kier alpha value is -1.64. The Balaban J connectivity index is 2.35. The first-order valence-electron chi connectivity index (χ1n) is 3.39. The van der Waals surface area contributed by atoms with Crippen molar-refractivity contribution in [3.05, 3.63) is 30.0 Å². The first kappa shape index (κ1) is 5.07. The Morgan fingerprint density at radius 2 is 2.09 bits per heavy atom. The molecule has 0 amide bonds. The molecule has 2 heterocycles. The summed E-state index contributed by atoms with van der Waals surface area (Å²) in [6.07, 6.45) is 1.70. The predicted molar refractivity (Wildman–Crippen MR) is 38.8 cm³/mol. The maximum atomic E-state index is 5.28. The highest BCUT2D eigenvalue weighted by Crippen LogP contribution is 2.45. The summed E-state index contributed by atoms with van der Waals surface area (Å²) in [6.45, 7) is 0. The number of hydrogen-bond acceptors (Lipinski definition) is 3. The molecule has 3 nitrogen and oxygen atoms in total. The summed E-state index contributed by atoms with van der Waals surface area (Å²) < 4.78 is 5.28. The molecule has 0 saturated heterocycles. The molecule has 1 aromatic carbocycles. The fraction of sp³-hybridized carbons (Fsp3) is 0. The molecule has 0 saturated carbocycles. The van der Waals surface area contributed by atoms with Crippen molar-refractivity contribution in [1.29, 1.82) is 0 Å². The number of ether oxygens (including phenoxy) is 1. The van der Waals surface area contributed by atoms with Crippen LogP contribution in [0.25, 0.3) is 5.76 Å². The van der Waals surface area contributed by atoms with Crippen LogP contribution in [0, 0.1) is 0 Å². The quantitative estimate of drug-likeness (QED) is 0.599. The second-order valence-electron chi connectivity index (χ2n) is 2.46. The van der Waals surface area contributed by atoms with Crippen LogP contribution in [0.4, 0.5) is 0 Å². The van der Waals surface area contributed by atoms with E-state index >= 15 is 0 Å². The molecular formula is C8H5NO2. The summed E-state index contributed by atoms with van der Waals surface area (Å²) in [5.74, 6) is 2.60. The van der Waals surface area contributed by atoms with E-state index in [1.54, 1.807) is 6.20 Å². The number of hydroxylamine groups is 1. The van der Waals surface area contributed by atoms with Crippen LogP contribution in [0.15, 0.2) is 24.4 Å². The van der Waals surface area contributed by atoms with E-state index in [1.165, 1.54) is 0 Å². The lowest BCUT2D eigenvalue weighted by Gasteiger charge is -2.28. The number of rotatable bonds is 0. The molecule has 0 unspecified atom stereocenters. The number of hydrogen-bond donors (Lipinski definition) is 1. The first-order valence-corrected chi connectivity index (χ1v) is 3.39. The Morgan fingerprint density at radius 1 is 1.18 bits per heavy atom. The number of nitrogens with one attached hydrogen (secondary N) is 1. The molecule has 0 aliphatic carbocycles. The van der Waals surface area contributed by atoms with Gasteiger partial charge >= 0.3 is 0 Å². The van der Waals surface area contributed by atoms with Crippen molar-refractivity contribution >= 4 is 5.76 Å². The van der Waals surface area contributed by atoms with Gasteiger partial charge in [-0.3, -0.25) is 0 Å². The molecule has 0 aromatic heterocycles. The topological polar surface area (TPSA) is 30.5 Å². The minimum Gasteiger partial charge on any atom is -0.454 e. The third-order valence-electron chi connectivity index (χ3n) is 1.81. The molecule has 1 aromatic rings. The Labute approximate surface area is 63.2 Å². The van der Waals surface area contributed by atoms with Crippen LogP contribution in [0.3, 0.4) is 0 Å². The van der Waals surface area contributed by atoms with Gasteiger partial charge in [-0.05, 0) is 12.1 Å². The lowest BCUT2D eigenvalue weighted by atomic mass is 10.1. The minimum absolute atomic E-state index is 0.839. The third kappa shape index (κ3) is 0.487. The molecule has 54 valence electrons. The largest absolute Gasteiger partial charge is 0.454 e. The van der Waals surface area contributed by atoms with Gasteiger partial charge in [-0.25, -0.2) is 5.48 Å². The normalized spacial score (nSPS) is 16.2. The summed E-state index contributed by atoms with van der Waals surface area (Å²) in [4.78, 5) is 5.13. The maximum absolute atomic E-state index is 5.28. The molecule has 1 N–H and O–H groups in total. The highest BCUT2D eigenvalue weighted by molar-refractivity contribution is 5.80. The van der Waals surface area contributed by atoms with E-state index in [1.807, 2.05) is 18.2 Å². The van der Waals surface area contributed by atoms with E-state index < -0.39 is 0 Å². The maximum Gasteiger partial charge on any atom is 0.169 e. The molecule has 0 fully saturated rings. The van der Waals surface area contributed by atoms with Crippen LogP contribution in [0.2, 0.25) is 0 Å². The van der Waals surface area contributed by atoms with Crippen LogP contribution < -0.4 is 15.1 Å². The van der Waals surface area contributed by atoms with Gasteiger partial charge in [0.2, 0.25) is 0 Å². The summed E-state index contributed by atoms with van der Waals surface area (Å²) in [6, 6.07) is 5.73. The minimum atomic E-state index is 0.839. The summed E-state index contributed by atoms with van der Waals surface area (Å²) >= 11 is 0. The molecule has 0 spiro atoms. The molecule has 2 aliphatic heterocycles. The molecule has 0 radical (unpaired) electrons. The van der Waals surface area contributed by atoms with E-state index in [9.17, 15) is 0 Å². The van der Waals surface area contributed by atoms with Crippen molar-refractivity contribution in [2.75, 3.05) is 0 Å². The van der Waals surface area contributed by atoms with Crippen molar-refractivity contribution in [3.63, 3.8) is 0 Å².